The number of nitrogens with one attached hydrogen (secondary N) is 3. The van der Waals surface area contributed by atoms with Crippen molar-refractivity contribution in [3.8, 4) is 0 Å². The first kappa shape index (κ1) is 22.6. The van der Waals surface area contributed by atoms with Crippen LogP contribution in [0.1, 0.15) is 12.6 Å². The van der Waals surface area contributed by atoms with E-state index in [-0.39, 0.29) is 29.2 Å². The summed E-state index contributed by atoms with van der Waals surface area (Å²) in [6.07, 6.45) is -0.844. The van der Waals surface area contributed by atoms with Crippen LogP contribution < -0.4 is 16.1 Å². The van der Waals surface area contributed by atoms with Crippen molar-refractivity contribution in [3.63, 3.8) is 0 Å². The molecule has 0 radical (unpaired) electrons. The van der Waals surface area contributed by atoms with E-state index in [1.165, 1.54) is 18.2 Å². The van der Waals surface area contributed by atoms with Gasteiger partial charge in [-0.25, -0.2) is 28.9 Å². The zero-order valence-electron chi connectivity index (χ0n) is 14.9. The first-order chi connectivity index (χ1) is 13.9. The molecule has 14 heteroatoms. The van der Waals surface area contributed by atoms with Crippen molar-refractivity contribution in [2.24, 2.45) is 4.99 Å². The molecule has 0 saturated heterocycles. The van der Waals surface area contributed by atoms with E-state index in [0.29, 0.717) is 16.5 Å². The molecule has 0 saturated carbocycles. The normalized spacial score (nSPS) is 11.1. The van der Waals surface area contributed by atoms with Gasteiger partial charge >= 0.3 is 12.1 Å². The van der Waals surface area contributed by atoms with Crippen LogP contribution in [0.5, 0.6) is 0 Å². The Balaban J connectivity index is 1.95. The van der Waals surface area contributed by atoms with E-state index in [1.54, 1.807) is 6.92 Å². The highest BCUT2D eigenvalue weighted by molar-refractivity contribution is 9.10. The summed E-state index contributed by atoms with van der Waals surface area (Å²) in [7, 11) is 0. The quantitative estimate of drug-likeness (QED) is 0.151. The number of urea groups is 1. The van der Waals surface area contributed by atoms with Crippen LogP contribution in [0.25, 0.3) is 0 Å². The maximum Gasteiger partial charge on any atom is 0.415 e. The monoisotopic (exact) mass is 490 g/mol. The molecule has 1 aromatic carbocycles. The minimum absolute atomic E-state index is 0.0692. The molecule has 0 atom stereocenters. The molecule has 0 bridgehead atoms. The van der Waals surface area contributed by atoms with Gasteiger partial charge in [0.05, 0.1) is 16.8 Å². The number of nitrogens with zero attached hydrogens (tertiary/aromatic N) is 3. The van der Waals surface area contributed by atoms with E-state index in [9.17, 15) is 19.2 Å². The number of hydroxylamine groups is 1. The van der Waals surface area contributed by atoms with Gasteiger partial charge in [-0.15, -0.1) is 0 Å². The van der Waals surface area contributed by atoms with Gasteiger partial charge in [0.25, 0.3) is 0 Å². The van der Waals surface area contributed by atoms with Crippen LogP contribution in [0.4, 0.5) is 19.7 Å². The SMILES string of the molecule is CCOC(=O)NC(=O)NCCSc1nonc1C(=Nc1ccc(F)c(Br)c1)NO. The lowest BCUT2D eigenvalue weighted by Crippen LogP contribution is -2.40. The Kier molecular flexibility index (Phi) is 8.82. The van der Waals surface area contributed by atoms with Crippen LogP contribution in [0.2, 0.25) is 0 Å². The molecule has 3 amide bonds. The van der Waals surface area contributed by atoms with Crippen LogP contribution in [0.3, 0.4) is 0 Å². The van der Waals surface area contributed by atoms with Gasteiger partial charge in [0.1, 0.15) is 5.82 Å². The Hall–Kier alpha value is -2.71. The second-order valence-corrected chi connectivity index (χ2v) is 6.98. The van der Waals surface area contributed by atoms with Crippen LogP contribution >= 0.6 is 27.7 Å². The number of benzene rings is 1. The Morgan fingerprint density at radius 3 is 2.90 bits per heavy atom. The molecule has 0 aliphatic carbocycles. The molecule has 2 aromatic rings. The third-order valence-corrected chi connectivity index (χ3v) is 4.61. The predicted molar refractivity (Wildman–Crippen MR) is 104 cm³/mol. The number of alkyl carbamates (subject to hydrolysis) is 1. The van der Waals surface area contributed by atoms with Crippen molar-refractivity contribution in [3.05, 3.63) is 34.2 Å². The molecule has 0 unspecified atom stereocenters. The smallest absolute Gasteiger partial charge is 0.415 e. The minimum atomic E-state index is -0.844. The van der Waals surface area contributed by atoms with Crippen LogP contribution in [0, 0.1) is 5.82 Å². The second kappa shape index (κ2) is 11.3. The lowest BCUT2D eigenvalue weighted by atomic mass is 10.3. The molecule has 0 fully saturated rings. The van der Waals surface area contributed by atoms with E-state index in [0.717, 1.165) is 11.8 Å². The van der Waals surface area contributed by atoms with Gasteiger partial charge in [-0.1, -0.05) is 11.8 Å². The summed E-state index contributed by atoms with van der Waals surface area (Å²) in [5.41, 5.74) is 2.36. The van der Waals surface area contributed by atoms with E-state index in [4.69, 9.17) is 0 Å². The molecule has 1 heterocycles. The van der Waals surface area contributed by atoms with E-state index in [2.05, 4.69) is 45.9 Å². The summed E-state index contributed by atoms with van der Waals surface area (Å²) in [6.45, 7) is 1.95. The molecule has 0 spiro atoms. The molecule has 0 aliphatic heterocycles. The molecule has 2 rings (SSSR count). The number of halogens is 2. The van der Waals surface area contributed by atoms with Crippen LogP contribution in [0.15, 0.2) is 37.3 Å². The number of thioether (sulfide) groups is 1. The summed E-state index contributed by atoms with van der Waals surface area (Å²) < 4.78 is 22.8. The predicted octanol–water partition coefficient (Wildman–Crippen LogP) is 2.58. The number of carbonyl (C=O) groups excluding carboxylic acids is 2. The number of aliphatic imine (C=N–C) groups is 1. The number of carbonyl (C=O) groups is 2. The highest BCUT2D eigenvalue weighted by atomic mass is 79.9. The number of hydrogen-bond donors (Lipinski definition) is 4. The first-order valence-corrected chi connectivity index (χ1v) is 9.83. The Morgan fingerprint density at radius 2 is 2.21 bits per heavy atom. The summed E-state index contributed by atoms with van der Waals surface area (Å²) in [4.78, 5) is 26.8. The van der Waals surface area contributed by atoms with Gasteiger partial charge in [0.15, 0.2) is 16.6 Å². The fourth-order valence-electron chi connectivity index (χ4n) is 1.85. The number of amides is 3. The van der Waals surface area contributed by atoms with Gasteiger partial charge in [-0.2, -0.15) is 0 Å². The maximum absolute atomic E-state index is 13.3. The molecule has 11 nitrogen and oxygen atoms in total. The second-order valence-electron chi connectivity index (χ2n) is 5.04. The van der Waals surface area contributed by atoms with Crippen molar-refractivity contribution in [2.75, 3.05) is 18.9 Å². The molecular weight excluding hydrogens is 475 g/mol. The van der Waals surface area contributed by atoms with Gasteiger partial charge in [0.2, 0.25) is 0 Å². The topological polar surface area (TPSA) is 151 Å². The Bertz CT molecular complexity index is 896. The highest BCUT2D eigenvalue weighted by Gasteiger charge is 2.17. The molecule has 4 N–H and O–H groups in total. The van der Waals surface area contributed by atoms with E-state index >= 15 is 0 Å². The largest absolute Gasteiger partial charge is 0.450 e. The molecular formula is C15H16BrFN6O5S. The fourth-order valence-corrected chi connectivity index (χ4v) is 2.97. The highest BCUT2D eigenvalue weighted by Crippen LogP contribution is 2.24. The number of hydrogen-bond acceptors (Lipinski definition) is 9. The molecule has 1 aromatic heterocycles. The van der Waals surface area contributed by atoms with Crippen molar-refractivity contribution >= 4 is 51.3 Å². The maximum atomic E-state index is 13.3. The summed E-state index contributed by atoms with van der Waals surface area (Å²) >= 11 is 4.21. The number of ether oxygens (including phenoxy) is 1. The zero-order chi connectivity index (χ0) is 21.2. The van der Waals surface area contributed by atoms with Crippen molar-refractivity contribution in [1.29, 1.82) is 0 Å². The van der Waals surface area contributed by atoms with Gasteiger partial charge in [-0.05, 0) is 51.4 Å². The van der Waals surface area contributed by atoms with Crippen molar-refractivity contribution in [2.45, 2.75) is 11.9 Å². The van der Waals surface area contributed by atoms with E-state index < -0.39 is 17.9 Å². The minimum Gasteiger partial charge on any atom is -0.450 e. The first-order valence-electron chi connectivity index (χ1n) is 8.05. The summed E-state index contributed by atoms with van der Waals surface area (Å²) in [6, 6.07) is 3.33. The number of aromatic nitrogens is 2. The lowest BCUT2D eigenvalue weighted by Gasteiger charge is -2.06. The number of amidine groups is 1. The third-order valence-electron chi connectivity index (χ3n) is 3.05. The number of rotatable bonds is 7. The molecule has 0 aliphatic rings. The molecule has 156 valence electrons. The van der Waals surface area contributed by atoms with Gasteiger partial charge in [-0.3, -0.25) is 10.7 Å². The lowest BCUT2D eigenvalue weighted by molar-refractivity contribution is 0.153. The van der Waals surface area contributed by atoms with Crippen LogP contribution in [-0.4, -0.2) is 52.4 Å². The Labute approximate surface area is 176 Å². The standard InChI is InChI=1S/C15H16BrFN6O5S/c1-2-27-15(25)20-14(24)18-5-6-29-13-11(22-28-23-13)12(21-26)19-8-3-4-10(17)9(16)7-8/h3-4,7,26H,2,5-6H2,1H3,(H,19,21)(H2,18,20,24,25). The Morgan fingerprint density at radius 1 is 1.41 bits per heavy atom. The zero-order valence-corrected chi connectivity index (χ0v) is 17.3. The average molecular weight is 491 g/mol. The average Bonchev–Trinajstić information content (AvgIpc) is 3.14. The van der Waals surface area contributed by atoms with Gasteiger partial charge in [0, 0.05) is 12.3 Å². The number of imide groups is 1. The van der Waals surface area contributed by atoms with Gasteiger partial charge < -0.3 is 10.1 Å². The fraction of sp³-hybridized carbons (Fsp3) is 0.267. The van der Waals surface area contributed by atoms with Crippen molar-refractivity contribution < 1.29 is 28.6 Å². The summed E-state index contributed by atoms with van der Waals surface area (Å²) in [5.74, 6) is -0.181. The molecule has 29 heavy (non-hydrogen) atoms. The van der Waals surface area contributed by atoms with Crippen molar-refractivity contribution in [1.82, 2.24) is 26.4 Å². The van der Waals surface area contributed by atoms with Crippen LogP contribution in [-0.2, 0) is 4.74 Å². The third kappa shape index (κ3) is 6.99. The summed E-state index contributed by atoms with van der Waals surface area (Å²) in [5, 5.41) is 21.5. The van der Waals surface area contributed by atoms with E-state index in [1.807, 2.05) is 10.8 Å².